The van der Waals surface area contributed by atoms with Gasteiger partial charge in [0.2, 0.25) is 0 Å². The first-order valence-electron chi connectivity index (χ1n) is 4.26. The summed E-state index contributed by atoms with van der Waals surface area (Å²) in [5.74, 6) is -0.284. The standard InChI is InChI=1S/C8H15NO3/c1-6(10)8(12)9-4-2-3-7(11)5-9/h6-7,10-11H,2-5H2,1H3. The second-order valence-electron chi connectivity index (χ2n) is 3.26. The minimum absolute atomic E-state index is 0.284. The van der Waals surface area contributed by atoms with Gasteiger partial charge in [-0.1, -0.05) is 0 Å². The van der Waals surface area contributed by atoms with Gasteiger partial charge in [0.15, 0.2) is 0 Å². The van der Waals surface area contributed by atoms with Crippen molar-refractivity contribution < 1.29 is 15.0 Å². The molecule has 0 saturated carbocycles. The molecular weight excluding hydrogens is 158 g/mol. The first-order valence-corrected chi connectivity index (χ1v) is 4.26. The van der Waals surface area contributed by atoms with Crippen molar-refractivity contribution in [3.05, 3.63) is 0 Å². The summed E-state index contributed by atoms with van der Waals surface area (Å²) in [4.78, 5) is 12.7. The van der Waals surface area contributed by atoms with Gasteiger partial charge < -0.3 is 15.1 Å². The van der Waals surface area contributed by atoms with Gasteiger partial charge in [-0.25, -0.2) is 0 Å². The fourth-order valence-corrected chi connectivity index (χ4v) is 1.42. The molecule has 0 aromatic carbocycles. The average molecular weight is 173 g/mol. The second-order valence-corrected chi connectivity index (χ2v) is 3.26. The lowest BCUT2D eigenvalue weighted by atomic mass is 10.1. The lowest BCUT2D eigenvalue weighted by Gasteiger charge is -2.30. The lowest BCUT2D eigenvalue weighted by Crippen LogP contribution is -2.45. The summed E-state index contributed by atoms with van der Waals surface area (Å²) in [6.45, 7) is 2.47. The van der Waals surface area contributed by atoms with Crippen molar-refractivity contribution in [2.75, 3.05) is 13.1 Å². The quantitative estimate of drug-likeness (QED) is 0.554. The monoisotopic (exact) mass is 173 g/mol. The molecule has 4 nitrogen and oxygen atoms in total. The zero-order chi connectivity index (χ0) is 9.14. The van der Waals surface area contributed by atoms with E-state index in [4.69, 9.17) is 5.11 Å². The van der Waals surface area contributed by atoms with Crippen LogP contribution in [0.5, 0.6) is 0 Å². The third-order valence-corrected chi connectivity index (χ3v) is 2.07. The van der Waals surface area contributed by atoms with Crippen molar-refractivity contribution in [2.24, 2.45) is 0 Å². The smallest absolute Gasteiger partial charge is 0.251 e. The van der Waals surface area contributed by atoms with Gasteiger partial charge in [0.1, 0.15) is 6.10 Å². The van der Waals surface area contributed by atoms with Crippen molar-refractivity contribution in [3.63, 3.8) is 0 Å². The third kappa shape index (κ3) is 2.19. The summed E-state index contributed by atoms with van der Waals surface area (Å²) in [6.07, 6.45) is 0.209. The predicted octanol–water partition coefficient (Wildman–Crippen LogP) is -0.650. The van der Waals surface area contributed by atoms with Crippen LogP contribution in [0.3, 0.4) is 0 Å². The summed E-state index contributed by atoms with van der Waals surface area (Å²) in [6, 6.07) is 0. The molecule has 0 aromatic rings. The van der Waals surface area contributed by atoms with Crippen LogP contribution in [-0.4, -0.2) is 46.3 Å². The van der Waals surface area contributed by atoms with Gasteiger partial charge in [0, 0.05) is 13.1 Å². The minimum atomic E-state index is -0.949. The maximum Gasteiger partial charge on any atom is 0.251 e. The number of piperidine rings is 1. The van der Waals surface area contributed by atoms with Crippen molar-refractivity contribution in [2.45, 2.75) is 32.0 Å². The third-order valence-electron chi connectivity index (χ3n) is 2.07. The highest BCUT2D eigenvalue weighted by atomic mass is 16.3. The Bertz CT molecular complexity index is 170. The molecule has 12 heavy (non-hydrogen) atoms. The normalized spacial score (nSPS) is 26.9. The molecule has 2 atom stereocenters. The van der Waals surface area contributed by atoms with E-state index in [1.54, 1.807) is 0 Å². The Morgan fingerprint density at radius 2 is 2.33 bits per heavy atom. The Labute approximate surface area is 71.8 Å². The van der Waals surface area contributed by atoms with Gasteiger partial charge in [0.05, 0.1) is 6.10 Å². The number of aliphatic hydroxyl groups excluding tert-OH is 2. The molecule has 0 aromatic heterocycles. The molecule has 70 valence electrons. The summed E-state index contributed by atoms with van der Waals surface area (Å²) >= 11 is 0. The highest BCUT2D eigenvalue weighted by molar-refractivity contribution is 5.80. The molecule has 1 aliphatic heterocycles. The number of nitrogens with zero attached hydrogens (tertiary/aromatic N) is 1. The van der Waals surface area contributed by atoms with Gasteiger partial charge >= 0.3 is 0 Å². The van der Waals surface area contributed by atoms with E-state index < -0.39 is 12.2 Å². The average Bonchev–Trinajstić information content (AvgIpc) is 2.03. The van der Waals surface area contributed by atoms with Crippen molar-refractivity contribution >= 4 is 5.91 Å². The Kier molecular flexibility index (Phi) is 3.05. The van der Waals surface area contributed by atoms with E-state index in [0.29, 0.717) is 13.1 Å². The van der Waals surface area contributed by atoms with E-state index in [1.165, 1.54) is 11.8 Å². The van der Waals surface area contributed by atoms with Gasteiger partial charge in [0.25, 0.3) is 5.91 Å². The molecule has 2 unspecified atom stereocenters. The van der Waals surface area contributed by atoms with Crippen LogP contribution in [0.15, 0.2) is 0 Å². The SMILES string of the molecule is CC(O)C(=O)N1CCCC(O)C1. The predicted molar refractivity (Wildman–Crippen MR) is 43.5 cm³/mol. The molecule has 0 radical (unpaired) electrons. The van der Waals surface area contributed by atoms with Crippen LogP contribution in [0.2, 0.25) is 0 Å². The number of hydrogen-bond acceptors (Lipinski definition) is 3. The molecule has 0 spiro atoms. The number of carbonyl (C=O) groups is 1. The van der Waals surface area contributed by atoms with Crippen molar-refractivity contribution in [1.82, 2.24) is 4.90 Å². The van der Waals surface area contributed by atoms with Crippen LogP contribution in [0, 0.1) is 0 Å². The molecule has 1 fully saturated rings. The first-order chi connectivity index (χ1) is 5.61. The Morgan fingerprint density at radius 1 is 1.67 bits per heavy atom. The number of likely N-dealkylation sites (tertiary alicyclic amines) is 1. The number of β-amino-alcohol motifs (C(OH)–C–C–N with tert-alkyl or cyclic N) is 1. The highest BCUT2D eigenvalue weighted by Crippen LogP contribution is 2.10. The molecule has 2 N–H and O–H groups in total. The highest BCUT2D eigenvalue weighted by Gasteiger charge is 2.24. The number of amides is 1. The van der Waals surface area contributed by atoms with E-state index in [0.717, 1.165) is 12.8 Å². The van der Waals surface area contributed by atoms with Crippen LogP contribution in [0.4, 0.5) is 0 Å². The second kappa shape index (κ2) is 3.87. The number of aliphatic hydroxyl groups is 2. The maximum atomic E-state index is 11.2. The van der Waals surface area contributed by atoms with Gasteiger partial charge in [-0.15, -0.1) is 0 Å². The molecule has 4 heteroatoms. The van der Waals surface area contributed by atoms with E-state index in [1.807, 2.05) is 0 Å². The lowest BCUT2D eigenvalue weighted by molar-refractivity contribution is -0.142. The molecule has 1 aliphatic rings. The van der Waals surface area contributed by atoms with Crippen LogP contribution in [-0.2, 0) is 4.79 Å². The fraction of sp³-hybridized carbons (Fsp3) is 0.875. The summed E-state index contributed by atoms with van der Waals surface area (Å²) in [5, 5.41) is 18.2. The molecule has 1 heterocycles. The van der Waals surface area contributed by atoms with Gasteiger partial charge in [-0.2, -0.15) is 0 Å². The number of rotatable bonds is 1. The zero-order valence-electron chi connectivity index (χ0n) is 7.23. The molecular formula is C8H15NO3. The molecule has 1 amide bonds. The van der Waals surface area contributed by atoms with Crippen LogP contribution in [0.25, 0.3) is 0 Å². The van der Waals surface area contributed by atoms with Crippen molar-refractivity contribution in [1.29, 1.82) is 0 Å². The maximum absolute atomic E-state index is 11.2. The van der Waals surface area contributed by atoms with Crippen molar-refractivity contribution in [3.8, 4) is 0 Å². The Balaban J connectivity index is 2.46. The zero-order valence-corrected chi connectivity index (χ0v) is 7.23. The molecule has 1 rings (SSSR count). The van der Waals surface area contributed by atoms with E-state index >= 15 is 0 Å². The first kappa shape index (κ1) is 9.48. The minimum Gasteiger partial charge on any atom is -0.391 e. The largest absolute Gasteiger partial charge is 0.391 e. The van der Waals surface area contributed by atoms with Crippen LogP contribution in [0.1, 0.15) is 19.8 Å². The molecule has 0 aliphatic carbocycles. The topological polar surface area (TPSA) is 60.8 Å². The van der Waals surface area contributed by atoms with E-state index in [9.17, 15) is 9.90 Å². The van der Waals surface area contributed by atoms with Crippen LogP contribution < -0.4 is 0 Å². The molecule has 1 saturated heterocycles. The van der Waals surface area contributed by atoms with Gasteiger partial charge in [-0.3, -0.25) is 4.79 Å². The summed E-state index contributed by atoms with van der Waals surface area (Å²) in [5.41, 5.74) is 0. The van der Waals surface area contributed by atoms with E-state index in [2.05, 4.69) is 0 Å². The fourth-order valence-electron chi connectivity index (χ4n) is 1.42. The van der Waals surface area contributed by atoms with Gasteiger partial charge in [-0.05, 0) is 19.8 Å². The summed E-state index contributed by atoms with van der Waals surface area (Å²) < 4.78 is 0. The number of carbonyl (C=O) groups excluding carboxylic acids is 1. The van der Waals surface area contributed by atoms with E-state index in [-0.39, 0.29) is 5.91 Å². The number of hydrogen-bond donors (Lipinski definition) is 2. The Hall–Kier alpha value is -0.610. The Morgan fingerprint density at radius 3 is 2.83 bits per heavy atom. The molecule has 0 bridgehead atoms. The van der Waals surface area contributed by atoms with Crippen LogP contribution >= 0.6 is 0 Å². The summed E-state index contributed by atoms with van der Waals surface area (Å²) in [7, 11) is 0.